The van der Waals surface area contributed by atoms with Crippen molar-refractivity contribution in [2.75, 3.05) is 6.61 Å². The first-order valence-corrected chi connectivity index (χ1v) is 10.4. The molecule has 1 atom stereocenters. The van der Waals surface area contributed by atoms with Crippen LogP contribution < -0.4 is 15.6 Å². The van der Waals surface area contributed by atoms with Gasteiger partial charge >= 0.3 is 0 Å². The van der Waals surface area contributed by atoms with E-state index >= 15 is 0 Å². The monoisotopic (exact) mass is 406 g/mol. The van der Waals surface area contributed by atoms with E-state index in [0.29, 0.717) is 30.1 Å². The summed E-state index contributed by atoms with van der Waals surface area (Å²) in [5.41, 5.74) is 3.35. The van der Waals surface area contributed by atoms with Gasteiger partial charge in [-0.05, 0) is 61.4 Å². The summed E-state index contributed by atoms with van der Waals surface area (Å²) in [6.07, 6.45) is 4.36. The Balaban J connectivity index is 1.46. The van der Waals surface area contributed by atoms with Crippen molar-refractivity contribution in [1.29, 1.82) is 0 Å². The lowest BCUT2D eigenvalue weighted by molar-refractivity contribution is -0.121. The predicted octanol–water partition coefficient (Wildman–Crippen LogP) is 2.63. The molecule has 7 nitrogen and oxygen atoms in total. The number of carbonyl (C=O) groups is 1. The Labute approximate surface area is 175 Å². The number of benzene rings is 1. The molecule has 4 rings (SSSR count). The molecular weight excluding hydrogens is 380 g/mol. The molecule has 0 aliphatic heterocycles. The van der Waals surface area contributed by atoms with Crippen molar-refractivity contribution < 1.29 is 9.53 Å². The van der Waals surface area contributed by atoms with Crippen LogP contribution in [0.4, 0.5) is 0 Å². The molecule has 0 bridgehead atoms. The minimum Gasteiger partial charge on any atom is -0.494 e. The third kappa shape index (κ3) is 4.35. The standard InChI is InChI=1S/C23H26N4O3/c1-3-30-18-7-5-16(6-8-18)12-24-21(28)13-27-14-25-22-19(23(27)29)11-17-10-15(2)4-9-20(17)26-22/h5-8,11,14-15H,3-4,9-10,12-13H2,1-2H3,(H,24,28)/t15-/m1/s1. The number of fused-ring (bicyclic) bond motifs is 2. The number of ether oxygens (including phenoxy) is 1. The molecule has 0 radical (unpaired) electrons. The van der Waals surface area contributed by atoms with Crippen LogP contribution in [-0.4, -0.2) is 27.0 Å². The number of rotatable bonds is 6. The van der Waals surface area contributed by atoms with Crippen molar-refractivity contribution in [2.45, 2.75) is 46.2 Å². The van der Waals surface area contributed by atoms with Crippen molar-refractivity contribution in [3.63, 3.8) is 0 Å². The molecule has 0 saturated carbocycles. The minimum absolute atomic E-state index is 0.0771. The van der Waals surface area contributed by atoms with E-state index < -0.39 is 0 Å². The Morgan fingerprint density at radius 1 is 1.30 bits per heavy atom. The smallest absolute Gasteiger partial charge is 0.263 e. The second kappa shape index (κ2) is 8.65. The first kappa shape index (κ1) is 20.1. The van der Waals surface area contributed by atoms with Gasteiger partial charge < -0.3 is 10.1 Å². The Bertz CT molecular complexity index is 1120. The number of hydrogen-bond donors (Lipinski definition) is 1. The Kier molecular flexibility index (Phi) is 5.79. The van der Waals surface area contributed by atoms with Crippen molar-refractivity contribution in [1.82, 2.24) is 19.9 Å². The summed E-state index contributed by atoms with van der Waals surface area (Å²) in [4.78, 5) is 34.2. The summed E-state index contributed by atoms with van der Waals surface area (Å²) >= 11 is 0. The van der Waals surface area contributed by atoms with Crippen LogP contribution >= 0.6 is 0 Å². The molecule has 7 heteroatoms. The fourth-order valence-corrected chi connectivity index (χ4v) is 3.82. The highest BCUT2D eigenvalue weighted by Crippen LogP contribution is 2.25. The van der Waals surface area contributed by atoms with Crippen LogP contribution in [0.2, 0.25) is 0 Å². The SMILES string of the molecule is CCOc1ccc(CNC(=O)Cn2cnc3nc4c(cc3c2=O)C[C@H](C)CC4)cc1. The summed E-state index contributed by atoms with van der Waals surface area (Å²) in [6, 6.07) is 9.47. The largest absolute Gasteiger partial charge is 0.494 e. The molecule has 0 spiro atoms. The van der Waals surface area contributed by atoms with Crippen LogP contribution in [0.25, 0.3) is 11.0 Å². The van der Waals surface area contributed by atoms with Gasteiger partial charge in [-0.25, -0.2) is 9.97 Å². The highest BCUT2D eigenvalue weighted by Gasteiger charge is 2.19. The number of pyridine rings is 1. The molecule has 1 amide bonds. The van der Waals surface area contributed by atoms with Crippen LogP contribution in [0.1, 0.15) is 37.1 Å². The minimum atomic E-state index is -0.244. The fourth-order valence-electron chi connectivity index (χ4n) is 3.82. The van der Waals surface area contributed by atoms with Crippen LogP contribution in [0.15, 0.2) is 41.5 Å². The summed E-state index contributed by atoms with van der Waals surface area (Å²) in [5.74, 6) is 1.14. The van der Waals surface area contributed by atoms with Crippen LogP contribution in [0, 0.1) is 5.92 Å². The van der Waals surface area contributed by atoms with E-state index in [1.54, 1.807) is 0 Å². The first-order valence-electron chi connectivity index (χ1n) is 10.4. The van der Waals surface area contributed by atoms with Gasteiger partial charge in [-0.3, -0.25) is 14.2 Å². The lowest BCUT2D eigenvalue weighted by atomic mass is 9.87. The second-order valence-corrected chi connectivity index (χ2v) is 7.84. The average molecular weight is 406 g/mol. The number of amides is 1. The van der Waals surface area contributed by atoms with Crippen molar-refractivity contribution in [2.24, 2.45) is 5.92 Å². The molecule has 0 unspecified atom stereocenters. The lowest BCUT2D eigenvalue weighted by Crippen LogP contribution is -2.32. The van der Waals surface area contributed by atoms with Gasteiger partial charge in [0.2, 0.25) is 5.91 Å². The molecule has 3 aromatic rings. The summed E-state index contributed by atoms with van der Waals surface area (Å²) in [6.45, 7) is 5.06. The molecule has 2 aromatic heterocycles. The quantitative estimate of drug-likeness (QED) is 0.680. The molecule has 1 aromatic carbocycles. The molecule has 1 N–H and O–H groups in total. The normalized spacial score (nSPS) is 15.6. The number of aromatic nitrogens is 3. The van der Waals surface area contributed by atoms with Gasteiger partial charge in [-0.15, -0.1) is 0 Å². The fraction of sp³-hybridized carbons (Fsp3) is 0.391. The summed E-state index contributed by atoms with van der Waals surface area (Å²) < 4.78 is 6.76. The van der Waals surface area contributed by atoms with Crippen molar-refractivity contribution in [3.05, 3.63) is 63.8 Å². The maximum absolute atomic E-state index is 12.9. The summed E-state index contributed by atoms with van der Waals surface area (Å²) in [5, 5.41) is 3.32. The van der Waals surface area contributed by atoms with Crippen LogP contribution in [0.3, 0.4) is 0 Å². The van der Waals surface area contributed by atoms with Crippen molar-refractivity contribution >= 4 is 16.9 Å². The number of nitrogens with one attached hydrogen (secondary N) is 1. The molecular formula is C23H26N4O3. The predicted molar refractivity (Wildman–Crippen MR) is 114 cm³/mol. The molecule has 30 heavy (non-hydrogen) atoms. The maximum atomic E-state index is 12.9. The van der Waals surface area contributed by atoms with E-state index in [0.717, 1.165) is 41.8 Å². The van der Waals surface area contributed by atoms with E-state index in [-0.39, 0.29) is 18.0 Å². The van der Waals surface area contributed by atoms with Gasteiger partial charge in [0.15, 0.2) is 5.65 Å². The number of carbonyl (C=O) groups excluding carboxylic acids is 1. The summed E-state index contributed by atoms with van der Waals surface area (Å²) in [7, 11) is 0. The lowest BCUT2D eigenvalue weighted by Gasteiger charge is -2.20. The molecule has 1 aliphatic rings. The van der Waals surface area contributed by atoms with E-state index in [9.17, 15) is 9.59 Å². The van der Waals surface area contributed by atoms with Gasteiger partial charge in [0.05, 0.1) is 12.0 Å². The Morgan fingerprint density at radius 2 is 2.10 bits per heavy atom. The Hall–Kier alpha value is -3.22. The number of hydrogen-bond acceptors (Lipinski definition) is 5. The van der Waals surface area contributed by atoms with E-state index in [2.05, 4.69) is 22.2 Å². The zero-order valence-corrected chi connectivity index (χ0v) is 17.4. The third-order valence-corrected chi connectivity index (χ3v) is 5.46. The molecule has 0 saturated heterocycles. The van der Waals surface area contributed by atoms with Crippen LogP contribution in [0.5, 0.6) is 5.75 Å². The molecule has 2 heterocycles. The van der Waals surface area contributed by atoms with E-state index in [4.69, 9.17) is 4.74 Å². The maximum Gasteiger partial charge on any atom is 0.263 e. The Morgan fingerprint density at radius 3 is 2.87 bits per heavy atom. The van der Waals surface area contributed by atoms with Gasteiger partial charge in [-0.2, -0.15) is 0 Å². The van der Waals surface area contributed by atoms with Crippen molar-refractivity contribution in [3.8, 4) is 5.75 Å². The van der Waals surface area contributed by atoms with E-state index in [1.165, 1.54) is 10.9 Å². The molecule has 156 valence electrons. The van der Waals surface area contributed by atoms with E-state index in [1.807, 2.05) is 37.3 Å². The third-order valence-electron chi connectivity index (χ3n) is 5.46. The van der Waals surface area contributed by atoms with Gasteiger partial charge in [-0.1, -0.05) is 19.1 Å². The highest BCUT2D eigenvalue weighted by molar-refractivity contribution is 5.77. The average Bonchev–Trinajstić information content (AvgIpc) is 2.74. The van der Waals surface area contributed by atoms with Gasteiger partial charge in [0.1, 0.15) is 18.6 Å². The molecule has 0 fully saturated rings. The number of nitrogens with zero attached hydrogens (tertiary/aromatic N) is 3. The van der Waals surface area contributed by atoms with Gasteiger partial charge in [0.25, 0.3) is 5.56 Å². The number of aryl methyl sites for hydroxylation is 1. The molecule has 1 aliphatic carbocycles. The zero-order chi connectivity index (χ0) is 21.1. The zero-order valence-electron chi connectivity index (χ0n) is 17.4. The first-order chi connectivity index (χ1) is 14.5. The van der Waals surface area contributed by atoms with Crippen LogP contribution in [-0.2, 0) is 30.7 Å². The second-order valence-electron chi connectivity index (χ2n) is 7.84. The highest BCUT2D eigenvalue weighted by atomic mass is 16.5. The topological polar surface area (TPSA) is 86.1 Å². The van der Waals surface area contributed by atoms with Gasteiger partial charge in [0, 0.05) is 12.2 Å².